The summed E-state index contributed by atoms with van der Waals surface area (Å²) in [7, 11) is 0. The number of carbonyl (C=O) groups excluding carboxylic acids is 4. The van der Waals surface area contributed by atoms with Gasteiger partial charge in [0.1, 0.15) is 29.1 Å². The van der Waals surface area contributed by atoms with E-state index in [0.717, 1.165) is 33.2 Å². The van der Waals surface area contributed by atoms with Crippen molar-refractivity contribution in [2.75, 3.05) is 18.5 Å². The molecule has 0 amide bonds. The van der Waals surface area contributed by atoms with E-state index in [-0.39, 0.29) is 177 Å². The molecule has 318 valence electrons. The summed E-state index contributed by atoms with van der Waals surface area (Å²) in [5.41, 5.74) is 6.12. The topological polar surface area (TPSA) is 238 Å². The van der Waals surface area contributed by atoms with Crippen LogP contribution in [0.4, 0.5) is 23.2 Å². The first-order valence-electron chi connectivity index (χ1n) is 15.7. The zero-order chi connectivity index (χ0) is 41.8. The van der Waals surface area contributed by atoms with Crippen LogP contribution < -0.4 is 40.5 Å². The van der Waals surface area contributed by atoms with Crippen LogP contribution in [0.2, 0.25) is 0 Å². The number of aliphatic imine (C=N–C) groups is 1. The minimum Gasteiger partial charge on any atom is -0.662 e. The van der Waals surface area contributed by atoms with E-state index in [1.54, 1.807) is 62.4 Å². The second-order valence-electron chi connectivity index (χ2n) is 10.2. The molecule has 0 atom stereocenters. The minimum atomic E-state index is -0.769. The van der Waals surface area contributed by atoms with Gasteiger partial charge in [-0.05, 0) is 86.6 Å². The van der Waals surface area contributed by atoms with Crippen molar-refractivity contribution in [2.24, 2.45) is 10.7 Å². The zero-order valence-electron chi connectivity index (χ0n) is 32.3. The average molecular weight is 1320 g/mol. The maximum atomic E-state index is 14.2. The fourth-order valence-corrected chi connectivity index (χ4v) is 4.85. The van der Waals surface area contributed by atoms with Gasteiger partial charge in [0, 0.05) is 103 Å². The molecule has 0 saturated heterocycles. The standard InChI is InChI=1S/C18H13BrF2N2O2.C13H9BrF2N2.C5H7BrO3.CH2O3.Na.2H2O.2Pr/c1-2-25-18(24)15-10-23(12-8-6-11(19)7-9-12)17(22-15)16-13(20)4-3-5-14(16)21;14-8-4-6-9(7-5-8)18-13(17)12-10(15)2-1-3-11(12)16;1-2-9-5(8)4(7)3-6;2-1-4-3;;;;;/h3-10H,2H2,1H3;1-7H,(H2,17,18);2-3H2,1H3;1,3H;;2*1H2;;/q;;;;+1;;;;/p-1. The van der Waals surface area contributed by atoms with Gasteiger partial charge in [-0.1, -0.05) is 59.9 Å². The Bertz CT molecular complexity index is 2110. The summed E-state index contributed by atoms with van der Waals surface area (Å²) < 4.78 is 67.9. The smallest absolute Gasteiger partial charge is 0.662 e. The molecule has 0 fully saturated rings. The Hall–Kier alpha value is -1.59. The maximum absolute atomic E-state index is 14.2. The molecule has 0 aliphatic carbocycles. The summed E-state index contributed by atoms with van der Waals surface area (Å²) in [4.78, 5) is 52.1. The molecule has 1 aromatic heterocycles. The number of hydrogen-bond acceptors (Lipinski definition) is 10. The van der Waals surface area contributed by atoms with Crippen LogP contribution in [0, 0.1) is 106 Å². The third kappa shape index (κ3) is 22.2. The third-order valence-electron chi connectivity index (χ3n) is 6.44. The van der Waals surface area contributed by atoms with Crippen LogP contribution in [0.1, 0.15) is 29.9 Å². The van der Waals surface area contributed by atoms with Gasteiger partial charge in [0.15, 0.2) is 11.5 Å². The molecule has 0 spiro atoms. The normalized spacial score (nSPS) is 9.44. The first-order chi connectivity index (χ1) is 26.7. The van der Waals surface area contributed by atoms with Crippen molar-refractivity contribution >= 4 is 83.5 Å². The fraction of sp³-hybridized carbons (Fsp3) is 0.135. The molecule has 61 heavy (non-hydrogen) atoms. The van der Waals surface area contributed by atoms with Crippen LogP contribution in [0.3, 0.4) is 0 Å². The van der Waals surface area contributed by atoms with Crippen molar-refractivity contribution in [1.29, 1.82) is 0 Å². The Morgan fingerprint density at radius 1 is 0.803 bits per heavy atom. The van der Waals surface area contributed by atoms with Gasteiger partial charge in [-0.3, -0.25) is 14.2 Å². The Morgan fingerprint density at radius 3 is 1.67 bits per heavy atom. The number of Topliss-reactive ketones (excluding diaryl/α,β-unsaturated/α-hetero) is 1. The van der Waals surface area contributed by atoms with E-state index >= 15 is 0 Å². The predicted molar refractivity (Wildman–Crippen MR) is 213 cm³/mol. The molecule has 4 aromatic carbocycles. The number of nitrogens with two attached hydrogens (primary N) is 1. The molecule has 0 bridgehead atoms. The number of hydrogen-bond donors (Lipinski definition) is 1. The molecular formula is C37H34Br3F4N4NaO10Pr2. The molecule has 24 heteroatoms. The van der Waals surface area contributed by atoms with Gasteiger partial charge in [-0.15, -0.1) is 0 Å². The molecule has 6 N–H and O–H groups in total. The molecule has 1 heterocycles. The number of benzene rings is 4. The number of aromatic nitrogens is 2. The predicted octanol–water partition coefficient (Wildman–Crippen LogP) is 2.82. The number of carbonyl (C=O) groups is 4. The number of ketones is 1. The average Bonchev–Trinajstić information content (AvgIpc) is 3.61. The van der Waals surface area contributed by atoms with Gasteiger partial charge in [0.05, 0.1) is 35.4 Å². The van der Waals surface area contributed by atoms with Gasteiger partial charge in [-0.25, -0.2) is 37.1 Å². The fourth-order valence-electron chi connectivity index (χ4n) is 4.09. The van der Waals surface area contributed by atoms with Crippen LogP contribution >= 0.6 is 47.8 Å². The first kappa shape index (κ1) is 66.0. The van der Waals surface area contributed by atoms with E-state index in [4.69, 9.17) is 20.5 Å². The summed E-state index contributed by atoms with van der Waals surface area (Å²) in [6.07, 6.45) is 1.41. The van der Waals surface area contributed by atoms with E-state index in [2.05, 4.69) is 67.4 Å². The summed E-state index contributed by atoms with van der Waals surface area (Å²) in [5.74, 6) is -5.16. The van der Waals surface area contributed by atoms with Crippen LogP contribution in [0.5, 0.6) is 0 Å². The number of imidazole rings is 1. The zero-order valence-corrected chi connectivity index (χ0v) is 46.5. The number of nitrogens with zero attached hydrogens (tertiary/aromatic N) is 3. The van der Waals surface area contributed by atoms with Crippen molar-refractivity contribution in [3.05, 3.63) is 135 Å². The number of amidine groups is 1. The van der Waals surface area contributed by atoms with Crippen LogP contribution in [0.25, 0.3) is 17.1 Å². The Balaban J connectivity index is -0.000000399. The quantitative estimate of drug-likeness (QED) is 0.0205. The molecule has 0 aliphatic heterocycles. The van der Waals surface area contributed by atoms with Crippen LogP contribution in [-0.4, -0.2) is 69.1 Å². The number of halogens is 7. The molecule has 5 rings (SSSR count). The molecule has 5 aromatic rings. The van der Waals surface area contributed by atoms with E-state index in [9.17, 15) is 31.9 Å². The SMILES string of the molecule is CCOC(=O)C(=O)CBr.CCOC(=O)c1cn(-c2ccc(Br)cc2)c(-c2c(F)cccc2F)n1.NC(=Nc1ccc(Br)cc1)c1c(F)cccc1F.O.O.O=CO[O-].[Na+].[Pr].[Pr]. The second kappa shape index (κ2) is 35.7. The minimum absolute atomic E-state index is 0. The van der Waals surface area contributed by atoms with Crippen molar-refractivity contribution in [3.63, 3.8) is 0 Å². The van der Waals surface area contributed by atoms with Gasteiger partial charge in [0.25, 0.3) is 6.47 Å². The van der Waals surface area contributed by atoms with Crippen molar-refractivity contribution in [2.45, 2.75) is 13.8 Å². The monoisotopic (exact) mass is 1310 g/mol. The van der Waals surface area contributed by atoms with Gasteiger partial charge in [0.2, 0.25) is 5.78 Å². The number of esters is 2. The van der Waals surface area contributed by atoms with E-state index in [0.29, 0.717) is 11.4 Å². The van der Waals surface area contributed by atoms with Crippen LogP contribution in [0.15, 0.2) is 105 Å². The summed E-state index contributed by atoms with van der Waals surface area (Å²) in [6.45, 7) is 3.56. The molecule has 2 radical (unpaired) electrons. The number of ether oxygens (including phenoxy) is 2. The molecule has 0 aliphatic rings. The Morgan fingerprint density at radius 2 is 1.25 bits per heavy atom. The summed E-state index contributed by atoms with van der Waals surface area (Å²) >= 11 is 9.45. The van der Waals surface area contributed by atoms with E-state index in [1.807, 2.05) is 0 Å². The Labute approximate surface area is 460 Å². The largest absolute Gasteiger partial charge is 1.00 e. The third-order valence-corrected chi connectivity index (χ3v) is 8.01. The second-order valence-corrected chi connectivity index (χ2v) is 12.5. The van der Waals surface area contributed by atoms with E-state index < -0.39 is 41.0 Å². The Kier molecular flexibility index (Phi) is 38.7. The van der Waals surface area contributed by atoms with Crippen molar-refractivity contribution in [1.82, 2.24) is 9.55 Å². The number of rotatable bonds is 10. The summed E-state index contributed by atoms with van der Waals surface area (Å²) in [6, 6.07) is 21.1. The van der Waals surface area contributed by atoms with Gasteiger partial charge in [-0.2, -0.15) is 0 Å². The number of alkyl halides is 1. The molecule has 0 saturated carbocycles. The van der Waals surface area contributed by atoms with Gasteiger partial charge < -0.3 is 36.3 Å². The molecule has 0 unspecified atom stereocenters. The van der Waals surface area contributed by atoms with Crippen molar-refractivity contribution < 1.29 is 179 Å². The van der Waals surface area contributed by atoms with Crippen molar-refractivity contribution in [3.8, 4) is 17.1 Å². The first-order valence-corrected chi connectivity index (χ1v) is 18.4. The van der Waals surface area contributed by atoms with Gasteiger partial charge >= 0.3 is 41.5 Å². The van der Waals surface area contributed by atoms with Crippen LogP contribution in [-0.2, 0) is 28.7 Å². The maximum Gasteiger partial charge on any atom is 1.00 e. The summed E-state index contributed by atoms with van der Waals surface area (Å²) in [5, 5.41) is 8.46. The van der Waals surface area contributed by atoms with E-state index in [1.165, 1.54) is 22.9 Å². The molecule has 14 nitrogen and oxygen atoms in total. The molecular weight excluding hydrogens is 1280 g/mol.